The maximum atomic E-state index is 14.4. The minimum atomic E-state index is -3.51. The second kappa shape index (κ2) is 33.3. The molecule has 0 radical (unpaired) electrons. The lowest BCUT2D eigenvalue weighted by Crippen LogP contribution is -2.41. The van der Waals surface area contributed by atoms with Crippen molar-refractivity contribution in [3.05, 3.63) is 102 Å². The summed E-state index contributed by atoms with van der Waals surface area (Å²) < 4.78 is 234. The van der Waals surface area contributed by atoms with Gasteiger partial charge in [0.1, 0.15) is 24.0 Å². The van der Waals surface area contributed by atoms with Crippen molar-refractivity contribution in [2.45, 2.75) is 135 Å². The number of benzene rings is 1. The lowest BCUT2D eigenvalue weighted by atomic mass is 9.81. The van der Waals surface area contributed by atoms with Crippen molar-refractivity contribution in [3.63, 3.8) is 0 Å². The zero-order valence-corrected chi connectivity index (χ0v) is 45.6. The van der Waals surface area contributed by atoms with E-state index in [2.05, 4.69) is 27.4 Å². The van der Waals surface area contributed by atoms with Gasteiger partial charge in [0.25, 0.3) is 0 Å². The van der Waals surface area contributed by atoms with Gasteiger partial charge in [0.15, 0.2) is 48.0 Å². The van der Waals surface area contributed by atoms with Crippen LogP contribution in [0.15, 0.2) is 90.8 Å². The molecular formula is C57H76F14O9. The first-order chi connectivity index (χ1) is 37.9. The molecule has 3 aliphatic carbocycles. The molecule has 0 aromatic heterocycles. The minimum absolute atomic E-state index is 0.0583. The van der Waals surface area contributed by atoms with E-state index >= 15 is 0 Å². The smallest absolute Gasteiger partial charge is 0.400 e. The van der Waals surface area contributed by atoms with Crippen molar-refractivity contribution < 1.29 is 104 Å². The van der Waals surface area contributed by atoms with E-state index in [0.717, 1.165) is 24.3 Å². The van der Waals surface area contributed by atoms with Crippen molar-refractivity contribution in [3.8, 4) is 5.75 Å². The Morgan fingerprint density at radius 2 is 0.963 bits per heavy atom. The molecule has 7 rings (SSSR count). The highest BCUT2D eigenvalue weighted by Gasteiger charge is 2.48. The molecule has 3 saturated carbocycles. The quantitative estimate of drug-likeness (QED) is 0.0811. The van der Waals surface area contributed by atoms with Gasteiger partial charge in [-0.2, -0.15) is 26.3 Å². The summed E-state index contributed by atoms with van der Waals surface area (Å²) in [4.78, 5) is 0. The van der Waals surface area contributed by atoms with Gasteiger partial charge < -0.3 is 42.6 Å². The van der Waals surface area contributed by atoms with E-state index in [9.17, 15) is 61.5 Å². The lowest BCUT2D eigenvalue weighted by Gasteiger charge is -2.38. The molecule has 9 nitrogen and oxygen atoms in total. The highest BCUT2D eigenvalue weighted by Crippen LogP contribution is 2.45. The summed E-state index contributed by atoms with van der Waals surface area (Å²) in [6.07, 6.45) is -3.62. The van der Waals surface area contributed by atoms with Gasteiger partial charge in [-0.05, 0) is 113 Å². The monoisotopic (exact) mass is 1170 g/mol. The lowest BCUT2D eigenvalue weighted by molar-refractivity contribution is -0.278. The van der Waals surface area contributed by atoms with Crippen LogP contribution in [0.4, 0.5) is 61.5 Å². The van der Waals surface area contributed by atoms with Crippen molar-refractivity contribution in [1.29, 1.82) is 0 Å². The van der Waals surface area contributed by atoms with E-state index in [4.69, 9.17) is 28.4 Å². The Hall–Kier alpha value is -4.00. The second-order valence-corrected chi connectivity index (χ2v) is 20.9. The van der Waals surface area contributed by atoms with Crippen LogP contribution in [0.1, 0.15) is 97.8 Å². The molecule has 0 amide bonds. The van der Waals surface area contributed by atoms with Crippen LogP contribution in [0.5, 0.6) is 5.75 Å². The molecule has 0 spiro atoms. The van der Waals surface area contributed by atoms with E-state index in [1.54, 1.807) is 0 Å². The molecule has 456 valence electrons. The van der Waals surface area contributed by atoms with Crippen LogP contribution in [-0.4, -0.2) is 97.3 Å². The Bertz CT molecular complexity index is 2130. The fourth-order valence-electron chi connectivity index (χ4n) is 9.90. The van der Waals surface area contributed by atoms with Gasteiger partial charge in [0.05, 0.1) is 71.2 Å². The highest BCUT2D eigenvalue weighted by atomic mass is 19.3. The maximum absolute atomic E-state index is 14.4. The predicted octanol–water partition coefficient (Wildman–Crippen LogP) is 16.2. The molecule has 0 atom stereocenters. The van der Waals surface area contributed by atoms with Gasteiger partial charge in [-0.25, -0.2) is 30.7 Å². The molecule has 3 heterocycles. The van der Waals surface area contributed by atoms with Gasteiger partial charge in [-0.1, -0.05) is 33.9 Å². The highest BCUT2D eigenvalue weighted by molar-refractivity contribution is 5.27. The Morgan fingerprint density at radius 3 is 1.34 bits per heavy atom. The molecule has 80 heavy (non-hydrogen) atoms. The molecule has 0 bridgehead atoms. The molecule has 0 unspecified atom stereocenters. The van der Waals surface area contributed by atoms with Gasteiger partial charge in [0, 0.05) is 47.6 Å². The van der Waals surface area contributed by atoms with Crippen LogP contribution in [-0.2, 0) is 37.9 Å². The van der Waals surface area contributed by atoms with Crippen molar-refractivity contribution >= 4 is 0 Å². The summed E-state index contributed by atoms with van der Waals surface area (Å²) in [5.74, 6) is -10.8. The Balaban J connectivity index is 0.000000254. The van der Waals surface area contributed by atoms with Crippen LogP contribution in [0.3, 0.4) is 0 Å². The summed E-state index contributed by atoms with van der Waals surface area (Å²) in [6, 6.07) is 2.42. The van der Waals surface area contributed by atoms with E-state index in [1.807, 2.05) is 20.8 Å². The van der Waals surface area contributed by atoms with Crippen molar-refractivity contribution in [2.75, 3.05) is 60.1 Å². The normalized spacial score (nSPS) is 30.6. The number of ether oxygens (including phenoxy) is 9. The average Bonchev–Trinajstić information content (AvgIpc) is 3.49. The average molecular weight is 1170 g/mol. The van der Waals surface area contributed by atoms with E-state index < -0.39 is 90.1 Å². The fraction of sp³-hybridized carbons (Fsp3) is 0.684. The molecule has 3 saturated heterocycles. The number of hydrogen-bond donors (Lipinski definition) is 0. The predicted molar refractivity (Wildman–Crippen MR) is 269 cm³/mol. The third kappa shape index (κ3) is 21.6. The third-order valence-corrected chi connectivity index (χ3v) is 14.5. The standard InChI is InChI=1S/C19H25F5O3.C19H26F4O3.C18H22F4O3.CH3F/c1-3-15(20)17(22)16(21)8-9-27-19(23,24)14-6-4-13(5-7-14)18-25-10-12(2)11-26-18;1-3-16(21)10-17(8-9-20)26-19(22,23)15-6-4-14(5-7-15)18-24-11-13(2)12-25-18;1-11-9-23-17(24-10-11)12-2-4-13(5-3-12)18(21,22)25-14-6-7-15(19)16(20)8-14;1-2/h3,8,12-14,18H,1,4-7,9-11H2,2H3;3,8,10,13-15,18H,1,4-7,9,11-12H2,2H3;6-8,11-13,17H,2-5,9-10H2,1H3;1H3/b16-8+,17-15-;16-10+,17-8+;;. The van der Waals surface area contributed by atoms with E-state index in [1.165, 1.54) is 0 Å². The number of alkyl halides is 8. The van der Waals surface area contributed by atoms with Crippen LogP contribution in [0, 0.1) is 64.9 Å². The van der Waals surface area contributed by atoms with Crippen molar-refractivity contribution in [2.24, 2.45) is 53.3 Å². The van der Waals surface area contributed by atoms with Crippen molar-refractivity contribution in [1.82, 2.24) is 0 Å². The van der Waals surface area contributed by atoms with Crippen LogP contribution in [0.2, 0.25) is 0 Å². The molecular weight excluding hydrogens is 1090 g/mol. The summed E-state index contributed by atoms with van der Waals surface area (Å²) in [7, 11) is 0.500. The third-order valence-electron chi connectivity index (χ3n) is 14.5. The van der Waals surface area contributed by atoms with Gasteiger partial charge >= 0.3 is 18.3 Å². The van der Waals surface area contributed by atoms with Crippen LogP contribution < -0.4 is 4.74 Å². The molecule has 1 aromatic carbocycles. The first-order valence-electron chi connectivity index (χ1n) is 26.9. The maximum Gasteiger partial charge on any atom is 0.400 e. The zero-order valence-electron chi connectivity index (χ0n) is 45.6. The zero-order chi connectivity index (χ0) is 59.2. The Morgan fingerprint density at radius 1 is 0.562 bits per heavy atom. The molecule has 6 aliphatic rings. The largest absolute Gasteiger partial charge is 0.433 e. The first kappa shape index (κ1) is 68.5. The molecule has 1 aromatic rings. The Labute approximate surface area is 459 Å². The fourth-order valence-corrected chi connectivity index (χ4v) is 9.90. The van der Waals surface area contributed by atoms with Gasteiger partial charge in [0.2, 0.25) is 0 Å². The van der Waals surface area contributed by atoms with E-state index in [-0.39, 0.29) is 80.9 Å². The summed E-state index contributed by atoms with van der Waals surface area (Å²) in [5.41, 5.74) is 0. The SMILES string of the molecule is C=C/C(F)=C(F)\C(F)=C/COC(F)(F)C1CCC(C2OCC(C)CO2)CC1.C=C/C(F)=C\C(=C/CF)OC(F)(F)C1CCC(C2OCC(C)CO2)CC1.CC1COC(C2CCC(C(F)(F)Oc3ccc(F)c(F)c3)CC2)OC1.CF. The number of rotatable bonds is 18. The molecule has 23 heteroatoms. The number of halogens is 14. The first-order valence-corrected chi connectivity index (χ1v) is 26.9. The van der Waals surface area contributed by atoms with Crippen LogP contribution >= 0.6 is 0 Å². The Kier molecular flexibility index (Phi) is 28.5. The molecule has 6 fully saturated rings. The topological polar surface area (TPSA) is 83.1 Å². The number of allylic oxidation sites excluding steroid dienone is 8. The van der Waals surface area contributed by atoms with Gasteiger partial charge in [-0.15, -0.1) is 0 Å². The molecule has 3 aliphatic heterocycles. The number of hydrogen-bond acceptors (Lipinski definition) is 9. The summed E-state index contributed by atoms with van der Waals surface area (Å²) >= 11 is 0. The van der Waals surface area contributed by atoms with E-state index in [0.29, 0.717) is 127 Å². The summed E-state index contributed by atoms with van der Waals surface area (Å²) in [6.45, 7) is 14.0. The second-order valence-electron chi connectivity index (χ2n) is 20.9. The summed E-state index contributed by atoms with van der Waals surface area (Å²) in [5, 5.41) is 0. The van der Waals surface area contributed by atoms with Gasteiger partial charge in [-0.3, -0.25) is 4.39 Å². The minimum Gasteiger partial charge on any atom is -0.433 e. The molecule has 0 N–H and O–H groups in total. The van der Waals surface area contributed by atoms with Crippen LogP contribution in [0.25, 0.3) is 0 Å².